The fourth-order valence-electron chi connectivity index (χ4n) is 6.37. The van der Waals surface area contributed by atoms with E-state index in [9.17, 15) is 27.9 Å². The predicted octanol–water partition coefficient (Wildman–Crippen LogP) is 5.74. The Morgan fingerprint density at radius 1 is 1.00 bits per heavy atom. The number of ether oxygens (including phenoxy) is 1. The molecule has 5 atom stereocenters. The van der Waals surface area contributed by atoms with Crippen molar-refractivity contribution in [2.24, 2.45) is 28.8 Å². The highest BCUT2D eigenvalue weighted by Gasteiger charge is 2.49. The van der Waals surface area contributed by atoms with E-state index in [4.69, 9.17) is 4.74 Å². The van der Waals surface area contributed by atoms with Crippen LogP contribution in [0.25, 0.3) is 0 Å². The average molecular weight is 544 g/mol. The molecule has 2 bridgehead atoms. The fourth-order valence-corrected chi connectivity index (χ4v) is 6.37. The molecule has 5 rings (SSSR count). The van der Waals surface area contributed by atoms with Gasteiger partial charge in [0.2, 0.25) is 0 Å². The van der Waals surface area contributed by atoms with Crippen molar-refractivity contribution < 1.29 is 32.6 Å². The summed E-state index contributed by atoms with van der Waals surface area (Å²) >= 11 is 0. The molecule has 2 aliphatic heterocycles. The molecule has 1 saturated carbocycles. The zero-order valence-electron chi connectivity index (χ0n) is 21.7. The molecule has 2 fully saturated rings. The number of halogens is 3. The Kier molecular flexibility index (Phi) is 7.55. The lowest BCUT2D eigenvalue weighted by Gasteiger charge is -2.37. The molecule has 0 unspecified atom stereocenters. The third-order valence-corrected chi connectivity index (χ3v) is 8.38. The van der Waals surface area contributed by atoms with Gasteiger partial charge in [-0.2, -0.15) is 18.3 Å². The van der Waals surface area contributed by atoms with E-state index in [1.807, 2.05) is 47.4 Å². The number of rotatable bonds is 7. The van der Waals surface area contributed by atoms with Crippen molar-refractivity contribution in [3.63, 3.8) is 0 Å². The molecule has 0 radical (unpaired) electrons. The van der Waals surface area contributed by atoms with E-state index >= 15 is 0 Å². The minimum atomic E-state index is -4.62. The molecular weight excluding hydrogens is 511 g/mol. The molecule has 3 aliphatic rings. The number of likely N-dealkylation sites (tertiary alicyclic amines) is 1. The van der Waals surface area contributed by atoms with Gasteiger partial charge in [-0.15, -0.1) is 0 Å². The standard InChI is InChI=1S/C29H32F3N3O4/c1-18-25(14-26(36)37)35(33-27(18)29(30,31)32)23-11-7-19(8-12-23)13-24-21-9-10-22(24)16-34(15-21)28(38)39-17-20-5-3-2-4-6-20/h2-8,11-12,18,21-22,24-25H,9-10,13-17H2,1H3,(H,36,37)/t18-,21-,22+,24-,25-/m0/s1. The third-order valence-electron chi connectivity index (χ3n) is 8.38. The van der Waals surface area contributed by atoms with Gasteiger partial charge in [-0.3, -0.25) is 9.80 Å². The number of amides is 1. The number of nitrogens with zero attached hydrogens (tertiary/aromatic N) is 3. The molecule has 0 spiro atoms. The predicted molar refractivity (Wildman–Crippen MR) is 139 cm³/mol. The van der Waals surface area contributed by atoms with E-state index in [0.29, 0.717) is 36.5 Å². The number of hydrogen-bond donors (Lipinski definition) is 1. The Hall–Kier alpha value is -3.56. The molecule has 1 aliphatic carbocycles. The van der Waals surface area contributed by atoms with Crippen LogP contribution in [0.1, 0.15) is 37.3 Å². The Balaban J connectivity index is 1.22. The summed E-state index contributed by atoms with van der Waals surface area (Å²) in [6, 6.07) is 15.9. The summed E-state index contributed by atoms with van der Waals surface area (Å²) in [5.74, 6) is -1.08. The van der Waals surface area contributed by atoms with Crippen LogP contribution >= 0.6 is 0 Å². The summed E-state index contributed by atoms with van der Waals surface area (Å²) in [6.07, 6.45) is -2.43. The Bertz CT molecular complexity index is 1200. The lowest BCUT2D eigenvalue weighted by Crippen LogP contribution is -2.45. The number of aliphatic carboxylic acids is 1. The molecule has 39 heavy (non-hydrogen) atoms. The first-order chi connectivity index (χ1) is 18.6. The number of piperidine rings is 1. The van der Waals surface area contributed by atoms with Crippen LogP contribution < -0.4 is 5.01 Å². The number of anilines is 1. The number of carboxylic acid groups (broad SMARTS) is 1. The van der Waals surface area contributed by atoms with Crippen LogP contribution in [0, 0.1) is 23.7 Å². The number of carbonyl (C=O) groups excluding carboxylic acids is 1. The SMILES string of the molecule is C[C@@H]1C(C(F)(F)F)=NN(c2ccc(C[C@@H]3[C@@H]4CC[C@H]3CN(C(=O)OCc3ccccc3)C4)cc2)[C@H]1CC(=O)O. The summed E-state index contributed by atoms with van der Waals surface area (Å²) < 4.78 is 46.0. The van der Waals surface area contributed by atoms with Gasteiger partial charge in [0.05, 0.1) is 18.2 Å². The first kappa shape index (κ1) is 27.0. The third kappa shape index (κ3) is 5.89. The van der Waals surface area contributed by atoms with Gasteiger partial charge in [-0.25, -0.2) is 4.79 Å². The zero-order chi connectivity index (χ0) is 27.7. The monoisotopic (exact) mass is 543 g/mol. The number of carbonyl (C=O) groups is 2. The maximum atomic E-state index is 13.5. The second-order valence-electron chi connectivity index (χ2n) is 10.9. The van der Waals surface area contributed by atoms with Gasteiger partial charge >= 0.3 is 18.2 Å². The van der Waals surface area contributed by atoms with Crippen molar-refractivity contribution in [2.45, 2.75) is 51.4 Å². The largest absolute Gasteiger partial charge is 0.481 e. The van der Waals surface area contributed by atoms with Crippen LogP contribution in [-0.2, 0) is 22.6 Å². The molecule has 1 saturated heterocycles. The van der Waals surface area contributed by atoms with Crippen LogP contribution in [0.5, 0.6) is 0 Å². The molecular formula is C29H32F3N3O4. The summed E-state index contributed by atoms with van der Waals surface area (Å²) in [6.45, 7) is 2.93. The number of hydrogen-bond acceptors (Lipinski definition) is 5. The van der Waals surface area contributed by atoms with Gasteiger partial charge in [-0.1, -0.05) is 49.4 Å². The molecule has 0 aromatic heterocycles. The second kappa shape index (κ2) is 10.9. The molecule has 2 aromatic rings. The molecule has 1 N–H and O–H groups in total. The van der Waals surface area contributed by atoms with Gasteiger partial charge in [0.1, 0.15) is 12.3 Å². The topological polar surface area (TPSA) is 82.4 Å². The normalized spacial score (nSPS) is 26.5. The highest BCUT2D eigenvalue weighted by molar-refractivity contribution is 5.95. The quantitative estimate of drug-likeness (QED) is 0.482. The Morgan fingerprint density at radius 2 is 1.64 bits per heavy atom. The van der Waals surface area contributed by atoms with Gasteiger partial charge in [0.15, 0.2) is 0 Å². The first-order valence-corrected chi connectivity index (χ1v) is 13.3. The van der Waals surface area contributed by atoms with Crippen molar-refractivity contribution in [2.75, 3.05) is 18.1 Å². The van der Waals surface area contributed by atoms with Gasteiger partial charge in [-0.05, 0) is 60.3 Å². The van der Waals surface area contributed by atoms with Crippen LogP contribution in [-0.4, -0.2) is 53.1 Å². The van der Waals surface area contributed by atoms with E-state index in [1.54, 1.807) is 12.1 Å². The molecule has 10 heteroatoms. The van der Waals surface area contributed by atoms with E-state index in [1.165, 1.54) is 11.9 Å². The first-order valence-electron chi connectivity index (χ1n) is 13.3. The van der Waals surface area contributed by atoms with Crippen molar-refractivity contribution in [3.05, 3.63) is 65.7 Å². The smallest absolute Gasteiger partial charge is 0.431 e. The fraction of sp³-hybridized carbons (Fsp3) is 0.483. The van der Waals surface area contributed by atoms with Crippen LogP contribution in [0.3, 0.4) is 0 Å². The molecule has 1 amide bonds. The Labute approximate surface area is 225 Å². The maximum Gasteiger partial charge on any atom is 0.431 e. The molecule has 7 nitrogen and oxygen atoms in total. The number of carboxylic acids is 1. The van der Waals surface area contributed by atoms with Crippen molar-refractivity contribution in [1.82, 2.24) is 4.90 Å². The van der Waals surface area contributed by atoms with E-state index < -0.39 is 36.2 Å². The van der Waals surface area contributed by atoms with Crippen LogP contribution in [0.4, 0.5) is 23.7 Å². The van der Waals surface area contributed by atoms with Crippen molar-refractivity contribution in [1.29, 1.82) is 0 Å². The maximum absolute atomic E-state index is 13.5. The molecule has 2 aromatic carbocycles. The van der Waals surface area contributed by atoms with Gasteiger partial charge < -0.3 is 14.7 Å². The van der Waals surface area contributed by atoms with E-state index in [-0.39, 0.29) is 12.7 Å². The Morgan fingerprint density at radius 3 is 2.23 bits per heavy atom. The summed E-state index contributed by atoms with van der Waals surface area (Å²) in [5, 5.41) is 14.3. The van der Waals surface area contributed by atoms with Gasteiger partial charge in [0, 0.05) is 19.0 Å². The average Bonchev–Trinajstić information content (AvgIpc) is 3.33. The number of alkyl halides is 3. The van der Waals surface area contributed by atoms with Crippen LogP contribution in [0.15, 0.2) is 59.7 Å². The van der Waals surface area contributed by atoms with E-state index in [0.717, 1.165) is 30.4 Å². The molecule has 2 heterocycles. The lowest BCUT2D eigenvalue weighted by atomic mass is 9.81. The second-order valence-corrected chi connectivity index (χ2v) is 10.9. The minimum absolute atomic E-state index is 0.249. The zero-order valence-corrected chi connectivity index (χ0v) is 21.7. The molecule has 208 valence electrons. The van der Waals surface area contributed by atoms with E-state index in [2.05, 4.69) is 5.10 Å². The highest BCUT2D eigenvalue weighted by atomic mass is 19.4. The number of hydrazone groups is 1. The van der Waals surface area contributed by atoms with Crippen molar-refractivity contribution in [3.8, 4) is 0 Å². The van der Waals surface area contributed by atoms with Gasteiger partial charge in [0.25, 0.3) is 0 Å². The number of fused-ring (bicyclic) bond motifs is 2. The summed E-state index contributed by atoms with van der Waals surface area (Å²) in [4.78, 5) is 25.9. The van der Waals surface area contributed by atoms with Crippen molar-refractivity contribution >= 4 is 23.5 Å². The minimum Gasteiger partial charge on any atom is -0.481 e. The van der Waals surface area contributed by atoms with Crippen LogP contribution in [0.2, 0.25) is 0 Å². The summed E-state index contributed by atoms with van der Waals surface area (Å²) in [7, 11) is 0. The number of benzene rings is 2. The summed E-state index contributed by atoms with van der Waals surface area (Å²) in [5.41, 5.74) is 1.49. The lowest BCUT2D eigenvalue weighted by molar-refractivity contribution is -0.137. The highest BCUT2D eigenvalue weighted by Crippen LogP contribution is 2.44.